The van der Waals surface area contributed by atoms with E-state index in [9.17, 15) is 14.4 Å². The van der Waals surface area contributed by atoms with Crippen LogP contribution in [-0.4, -0.2) is 40.0 Å². The van der Waals surface area contributed by atoms with Gasteiger partial charge in [-0.3, -0.25) is 29.8 Å². The van der Waals surface area contributed by atoms with Crippen LogP contribution >= 0.6 is 0 Å². The second-order valence-electron chi connectivity index (χ2n) is 5.39. The Morgan fingerprint density at radius 2 is 2.17 bits per heavy atom. The fourth-order valence-corrected chi connectivity index (χ4v) is 2.31. The molecule has 0 radical (unpaired) electrons. The zero-order valence-corrected chi connectivity index (χ0v) is 13.3. The van der Waals surface area contributed by atoms with Gasteiger partial charge in [-0.05, 0) is 25.0 Å². The van der Waals surface area contributed by atoms with Crippen LogP contribution in [0.5, 0.6) is 0 Å². The van der Waals surface area contributed by atoms with E-state index < -0.39 is 23.8 Å². The van der Waals surface area contributed by atoms with E-state index in [0.29, 0.717) is 25.2 Å². The lowest BCUT2D eigenvalue weighted by Gasteiger charge is -2.30. The van der Waals surface area contributed by atoms with Crippen molar-refractivity contribution in [2.45, 2.75) is 33.2 Å². The Morgan fingerprint density at radius 3 is 2.83 bits per heavy atom. The second-order valence-corrected chi connectivity index (χ2v) is 5.39. The molecule has 2 rings (SSSR count). The summed E-state index contributed by atoms with van der Waals surface area (Å²) in [5.74, 6) is -2.15. The third-order valence-electron chi connectivity index (χ3n) is 3.64. The van der Waals surface area contributed by atoms with Gasteiger partial charge in [-0.1, -0.05) is 19.4 Å². The van der Waals surface area contributed by atoms with Crippen LogP contribution in [0.4, 0.5) is 4.79 Å². The van der Waals surface area contributed by atoms with Gasteiger partial charge in [0.05, 0.1) is 6.54 Å². The number of barbiturate groups is 1. The highest BCUT2D eigenvalue weighted by Gasteiger charge is 2.41. The number of urea groups is 1. The van der Waals surface area contributed by atoms with Crippen molar-refractivity contribution in [3.63, 3.8) is 0 Å². The van der Waals surface area contributed by atoms with E-state index in [0.717, 1.165) is 16.9 Å². The SMILES string of the molecule is CCCCN1C(=O)NC(=O)[C@H](C(C)=NCc2cccnc2)C1=O. The number of amides is 4. The first kappa shape index (κ1) is 16.8. The number of imide groups is 2. The van der Waals surface area contributed by atoms with Crippen molar-refractivity contribution in [2.75, 3.05) is 6.54 Å². The van der Waals surface area contributed by atoms with Crippen molar-refractivity contribution in [3.8, 4) is 0 Å². The van der Waals surface area contributed by atoms with Gasteiger partial charge in [-0.25, -0.2) is 4.79 Å². The minimum absolute atomic E-state index is 0.306. The Balaban J connectivity index is 2.13. The number of nitrogens with zero attached hydrogens (tertiary/aromatic N) is 3. The topological polar surface area (TPSA) is 91.7 Å². The predicted octanol–water partition coefficient (Wildman–Crippen LogP) is 1.54. The molecule has 122 valence electrons. The van der Waals surface area contributed by atoms with Gasteiger partial charge in [0.2, 0.25) is 11.8 Å². The molecule has 1 aromatic rings. The van der Waals surface area contributed by atoms with Gasteiger partial charge < -0.3 is 0 Å². The first-order valence-corrected chi connectivity index (χ1v) is 7.60. The van der Waals surface area contributed by atoms with Crippen LogP contribution in [0, 0.1) is 5.92 Å². The highest BCUT2D eigenvalue weighted by atomic mass is 16.2. The average Bonchev–Trinajstić information content (AvgIpc) is 2.53. The number of hydrogen-bond acceptors (Lipinski definition) is 5. The first-order chi connectivity index (χ1) is 11.0. The molecule has 7 heteroatoms. The molecule has 1 aliphatic heterocycles. The van der Waals surface area contributed by atoms with Gasteiger partial charge in [-0.15, -0.1) is 0 Å². The van der Waals surface area contributed by atoms with E-state index in [1.54, 1.807) is 25.4 Å². The van der Waals surface area contributed by atoms with Crippen molar-refractivity contribution in [1.82, 2.24) is 15.2 Å². The number of rotatable bonds is 6. The van der Waals surface area contributed by atoms with E-state index in [2.05, 4.69) is 15.3 Å². The summed E-state index contributed by atoms with van der Waals surface area (Å²) < 4.78 is 0. The van der Waals surface area contributed by atoms with Gasteiger partial charge in [0.25, 0.3) is 0 Å². The van der Waals surface area contributed by atoms with E-state index in [-0.39, 0.29) is 0 Å². The molecule has 0 saturated carbocycles. The normalized spacial score (nSPS) is 19.0. The van der Waals surface area contributed by atoms with Crippen LogP contribution < -0.4 is 5.32 Å². The summed E-state index contributed by atoms with van der Waals surface area (Å²) in [4.78, 5) is 45.7. The van der Waals surface area contributed by atoms with E-state index in [4.69, 9.17) is 0 Å². The molecule has 1 saturated heterocycles. The number of hydrogen-bond donors (Lipinski definition) is 1. The minimum Gasteiger partial charge on any atom is -0.288 e. The summed E-state index contributed by atoms with van der Waals surface area (Å²) in [6, 6.07) is 3.01. The summed E-state index contributed by atoms with van der Waals surface area (Å²) in [5.41, 5.74) is 1.28. The highest BCUT2D eigenvalue weighted by molar-refractivity contribution is 6.27. The molecule has 4 amide bonds. The van der Waals surface area contributed by atoms with Crippen molar-refractivity contribution >= 4 is 23.6 Å². The molecule has 0 aromatic carbocycles. The minimum atomic E-state index is -1.04. The van der Waals surface area contributed by atoms with Crippen LogP contribution in [0.25, 0.3) is 0 Å². The van der Waals surface area contributed by atoms with Gasteiger partial charge >= 0.3 is 6.03 Å². The molecule has 1 aliphatic rings. The molecule has 0 aliphatic carbocycles. The molecule has 1 fully saturated rings. The molecular formula is C16H20N4O3. The maximum atomic E-state index is 12.5. The number of pyridine rings is 1. The number of nitrogens with one attached hydrogen (secondary N) is 1. The van der Waals surface area contributed by atoms with Gasteiger partial charge in [0.1, 0.15) is 0 Å². The van der Waals surface area contributed by atoms with Gasteiger partial charge in [0, 0.05) is 24.7 Å². The Bertz CT molecular complexity index is 627. The Morgan fingerprint density at radius 1 is 1.39 bits per heavy atom. The zero-order valence-electron chi connectivity index (χ0n) is 13.3. The first-order valence-electron chi connectivity index (χ1n) is 7.60. The van der Waals surface area contributed by atoms with Crippen molar-refractivity contribution in [3.05, 3.63) is 30.1 Å². The van der Waals surface area contributed by atoms with Crippen molar-refractivity contribution < 1.29 is 14.4 Å². The molecule has 1 aromatic heterocycles. The summed E-state index contributed by atoms with van der Waals surface area (Å²) in [7, 11) is 0. The molecule has 1 atom stereocenters. The average molecular weight is 316 g/mol. The van der Waals surface area contributed by atoms with Crippen LogP contribution in [0.2, 0.25) is 0 Å². The molecule has 0 unspecified atom stereocenters. The van der Waals surface area contributed by atoms with Crippen LogP contribution in [0.1, 0.15) is 32.3 Å². The number of carbonyl (C=O) groups is 3. The molecular weight excluding hydrogens is 296 g/mol. The number of unbranched alkanes of at least 4 members (excludes halogenated alkanes) is 1. The molecule has 23 heavy (non-hydrogen) atoms. The van der Waals surface area contributed by atoms with Crippen molar-refractivity contribution in [2.24, 2.45) is 10.9 Å². The van der Waals surface area contributed by atoms with Gasteiger partial charge in [0.15, 0.2) is 5.92 Å². The Labute approximate surface area is 134 Å². The fourth-order valence-electron chi connectivity index (χ4n) is 2.31. The second kappa shape index (κ2) is 7.62. The standard InChI is InChI=1S/C16H20N4O3/c1-3-4-8-20-15(22)13(14(21)19-16(20)23)11(2)18-10-12-6-5-7-17-9-12/h5-7,9,13H,3-4,8,10H2,1-2H3,(H,19,21,23)/t13-/m0/s1. The molecule has 7 nitrogen and oxygen atoms in total. The lowest BCUT2D eigenvalue weighted by Crippen LogP contribution is -2.59. The Kier molecular flexibility index (Phi) is 5.56. The van der Waals surface area contributed by atoms with Gasteiger partial charge in [-0.2, -0.15) is 0 Å². The molecule has 2 heterocycles. The lowest BCUT2D eigenvalue weighted by atomic mass is 9.99. The quantitative estimate of drug-likeness (QED) is 0.636. The molecule has 0 spiro atoms. The number of aromatic nitrogens is 1. The summed E-state index contributed by atoms with van der Waals surface area (Å²) in [5, 5.41) is 2.23. The molecule has 0 bridgehead atoms. The Hall–Kier alpha value is -2.57. The van der Waals surface area contributed by atoms with E-state index in [1.165, 1.54) is 0 Å². The fraction of sp³-hybridized carbons (Fsp3) is 0.438. The summed E-state index contributed by atoms with van der Waals surface area (Å²) >= 11 is 0. The number of aliphatic imine (C=N–C) groups is 1. The summed E-state index contributed by atoms with van der Waals surface area (Å²) in [6.07, 6.45) is 4.89. The van der Waals surface area contributed by atoms with Crippen LogP contribution in [-0.2, 0) is 16.1 Å². The van der Waals surface area contributed by atoms with Crippen LogP contribution in [0.3, 0.4) is 0 Å². The lowest BCUT2D eigenvalue weighted by molar-refractivity contribution is -0.139. The van der Waals surface area contributed by atoms with Crippen LogP contribution in [0.15, 0.2) is 29.5 Å². The van der Waals surface area contributed by atoms with E-state index in [1.807, 2.05) is 13.0 Å². The highest BCUT2D eigenvalue weighted by Crippen LogP contribution is 2.14. The smallest absolute Gasteiger partial charge is 0.288 e. The van der Waals surface area contributed by atoms with E-state index >= 15 is 0 Å². The summed E-state index contributed by atoms with van der Waals surface area (Å²) in [6.45, 7) is 4.24. The third kappa shape index (κ3) is 4.00. The number of carbonyl (C=O) groups excluding carboxylic acids is 3. The largest absolute Gasteiger partial charge is 0.330 e. The maximum Gasteiger partial charge on any atom is 0.330 e. The third-order valence-corrected chi connectivity index (χ3v) is 3.64. The zero-order chi connectivity index (χ0) is 16.8. The van der Waals surface area contributed by atoms with Crippen molar-refractivity contribution in [1.29, 1.82) is 0 Å². The monoisotopic (exact) mass is 316 g/mol. The maximum absolute atomic E-state index is 12.5. The molecule has 1 N–H and O–H groups in total. The predicted molar refractivity (Wildman–Crippen MR) is 84.7 cm³/mol.